The van der Waals surface area contributed by atoms with Crippen molar-refractivity contribution in [3.63, 3.8) is 0 Å². The molecule has 0 saturated heterocycles. The molecule has 0 aromatic carbocycles. The fourth-order valence-electron chi connectivity index (χ4n) is 2.35. The summed E-state index contributed by atoms with van der Waals surface area (Å²) in [5, 5.41) is 4.48. The SMILES string of the molecule is CCCc1nc(N(CC(C)C)CC(C)C)sc1CNC. The first-order valence-electron chi connectivity index (χ1n) is 7.86. The lowest BCUT2D eigenvalue weighted by atomic mass is 10.1. The van der Waals surface area contributed by atoms with Crippen molar-refractivity contribution < 1.29 is 0 Å². The van der Waals surface area contributed by atoms with Crippen LogP contribution in [0.2, 0.25) is 0 Å². The summed E-state index contributed by atoms with van der Waals surface area (Å²) in [5.74, 6) is 1.33. The van der Waals surface area contributed by atoms with Gasteiger partial charge in [0.2, 0.25) is 0 Å². The van der Waals surface area contributed by atoms with Crippen molar-refractivity contribution >= 4 is 16.5 Å². The van der Waals surface area contributed by atoms with E-state index >= 15 is 0 Å². The summed E-state index contributed by atoms with van der Waals surface area (Å²) in [4.78, 5) is 8.80. The number of rotatable bonds is 9. The van der Waals surface area contributed by atoms with Gasteiger partial charge in [-0.15, -0.1) is 11.3 Å². The predicted molar refractivity (Wildman–Crippen MR) is 90.8 cm³/mol. The Morgan fingerprint density at radius 1 is 1.15 bits per heavy atom. The maximum atomic E-state index is 4.93. The number of hydrogen-bond donors (Lipinski definition) is 1. The molecule has 0 radical (unpaired) electrons. The summed E-state index contributed by atoms with van der Waals surface area (Å²) in [5.41, 5.74) is 1.29. The number of hydrogen-bond acceptors (Lipinski definition) is 4. The zero-order chi connectivity index (χ0) is 15.1. The van der Waals surface area contributed by atoms with E-state index in [1.807, 2.05) is 18.4 Å². The largest absolute Gasteiger partial charge is 0.348 e. The van der Waals surface area contributed by atoms with Crippen molar-refractivity contribution in [2.24, 2.45) is 11.8 Å². The van der Waals surface area contributed by atoms with E-state index in [1.54, 1.807) is 0 Å². The summed E-state index contributed by atoms with van der Waals surface area (Å²) in [6, 6.07) is 0. The first kappa shape index (κ1) is 17.4. The molecule has 4 heteroatoms. The number of thiazole rings is 1. The first-order chi connectivity index (χ1) is 9.47. The van der Waals surface area contributed by atoms with Crippen molar-refractivity contribution in [3.8, 4) is 0 Å². The van der Waals surface area contributed by atoms with Crippen LogP contribution >= 0.6 is 11.3 Å². The molecule has 0 amide bonds. The molecule has 1 aromatic rings. The number of nitrogens with zero attached hydrogens (tertiary/aromatic N) is 2. The molecule has 1 aromatic heterocycles. The van der Waals surface area contributed by atoms with E-state index in [0.29, 0.717) is 11.8 Å². The maximum Gasteiger partial charge on any atom is 0.185 e. The molecule has 0 aliphatic rings. The molecule has 0 fully saturated rings. The molecule has 0 aliphatic carbocycles. The first-order valence-corrected chi connectivity index (χ1v) is 8.67. The second kappa shape index (κ2) is 8.63. The van der Waals surface area contributed by atoms with Gasteiger partial charge in [-0.05, 0) is 25.3 Å². The van der Waals surface area contributed by atoms with Crippen LogP contribution in [-0.2, 0) is 13.0 Å². The van der Waals surface area contributed by atoms with Gasteiger partial charge in [0.15, 0.2) is 5.13 Å². The lowest BCUT2D eigenvalue weighted by molar-refractivity contribution is 0.551. The monoisotopic (exact) mass is 297 g/mol. The van der Waals surface area contributed by atoms with Crippen LogP contribution in [0.15, 0.2) is 0 Å². The van der Waals surface area contributed by atoms with Crippen molar-refractivity contribution in [3.05, 3.63) is 10.6 Å². The van der Waals surface area contributed by atoms with Gasteiger partial charge in [0.05, 0.1) is 5.69 Å². The highest BCUT2D eigenvalue weighted by molar-refractivity contribution is 7.15. The fraction of sp³-hybridized carbons (Fsp3) is 0.812. The molecule has 0 atom stereocenters. The van der Waals surface area contributed by atoms with E-state index in [2.05, 4.69) is 44.8 Å². The van der Waals surface area contributed by atoms with Crippen molar-refractivity contribution in [2.75, 3.05) is 25.0 Å². The minimum Gasteiger partial charge on any atom is -0.348 e. The van der Waals surface area contributed by atoms with Gasteiger partial charge in [0, 0.05) is 24.5 Å². The Balaban J connectivity index is 2.96. The highest BCUT2D eigenvalue weighted by Crippen LogP contribution is 2.28. The van der Waals surface area contributed by atoms with Gasteiger partial charge in [0.1, 0.15) is 0 Å². The lowest BCUT2D eigenvalue weighted by Crippen LogP contribution is -2.31. The van der Waals surface area contributed by atoms with E-state index in [0.717, 1.165) is 32.5 Å². The van der Waals surface area contributed by atoms with Crippen molar-refractivity contribution in [1.82, 2.24) is 10.3 Å². The third-order valence-corrected chi connectivity index (χ3v) is 4.19. The Hall–Kier alpha value is -0.610. The lowest BCUT2D eigenvalue weighted by Gasteiger charge is -2.25. The van der Waals surface area contributed by atoms with E-state index in [9.17, 15) is 0 Å². The Labute approximate surface area is 128 Å². The molecule has 0 unspecified atom stereocenters. The van der Waals surface area contributed by atoms with Gasteiger partial charge in [-0.1, -0.05) is 41.0 Å². The number of aryl methyl sites for hydroxylation is 1. The van der Waals surface area contributed by atoms with Gasteiger partial charge < -0.3 is 10.2 Å². The third-order valence-electron chi connectivity index (χ3n) is 3.03. The Morgan fingerprint density at radius 3 is 2.20 bits per heavy atom. The molecule has 1 N–H and O–H groups in total. The zero-order valence-corrected chi connectivity index (χ0v) is 14.8. The van der Waals surface area contributed by atoms with Crippen LogP contribution in [0, 0.1) is 11.8 Å². The third kappa shape index (κ3) is 5.41. The average Bonchev–Trinajstić information content (AvgIpc) is 2.72. The summed E-state index contributed by atoms with van der Waals surface area (Å²) in [7, 11) is 2.01. The highest BCUT2D eigenvalue weighted by Gasteiger charge is 2.17. The van der Waals surface area contributed by atoms with Gasteiger partial charge in [0.25, 0.3) is 0 Å². The second-order valence-electron chi connectivity index (χ2n) is 6.34. The van der Waals surface area contributed by atoms with Gasteiger partial charge in [-0.25, -0.2) is 4.98 Å². The maximum absolute atomic E-state index is 4.93. The van der Waals surface area contributed by atoms with Crippen LogP contribution in [-0.4, -0.2) is 25.1 Å². The van der Waals surface area contributed by atoms with E-state index < -0.39 is 0 Å². The standard InChI is InChI=1S/C16H31N3S/c1-7-8-14-15(9-17-6)20-16(18-14)19(10-12(2)3)11-13(4)5/h12-13,17H,7-11H2,1-6H3. The Bertz CT molecular complexity index is 352. The van der Waals surface area contributed by atoms with Crippen LogP contribution in [0.4, 0.5) is 5.13 Å². The number of aromatic nitrogens is 1. The van der Waals surface area contributed by atoms with E-state index in [-0.39, 0.29) is 0 Å². The normalized spacial score (nSPS) is 11.6. The molecule has 0 spiro atoms. The van der Waals surface area contributed by atoms with Crippen LogP contribution in [0.3, 0.4) is 0 Å². The Kier molecular flexibility index (Phi) is 7.52. The molecule has 3 nitrogen and oxygen atoms in total. The smallest absolute Gasteiger partial charge is 0.185 e. The van der Waals surface area contributed by atoms with Crippen molar-refractivity contribution in [1.29, 1.82) is 0 Å². The highest BCUT2D eigenvalue weighted by atomic mass is 32.1. The molecule has 1 rings (SSSR count). The zero-order valence-electron chi connectivity index (χ0n) is 14.0. The summed E-state index contributed by atoms with van der Waals surface area (Å²) in [6.45, 7) is 14.5. The fourth-order valence-corrected chi connectivity index (χ4v) is 3.48. The van der Waals surface area contributed by atoms with Gasteiger partial charge in [-0.3, -0.25) is 0 Å². The van der Waals surface area contributed by atoms with Crippen LogP contribution in [0.25, 0.3) is 0 Å². The van der Waals surface area contributed by atoms with E-state index in [4.69, 9.17) is 4.98 Å². The number of anilines is 1. The molecule has 0 saturated carbocycles. The molecule has 0 aliphatic heterocycles. The van der Waals surface area contributed by atoms with E-state index in [1.165, 1.54) is 15.7 Å². The summed E-state index contributed by atoms with van der Waals surface area (Å²) < 4.78 is 0. The van der Waals surface area contributed by atoms with Crippen LogP contribution in [0.5, 0.6) is 0 Å². The number of nitrogens with one attached hydrogen (secondary N) is 1. The second-order valence-corrected chi connectivity index (χ2v) is 7.40. The minimum atomic E-state index is 0.667. The quantitative estimate of drug-likeness (QED) is 0.748. The summed E-state index contributed by atoms with van der Waals surface area (Å²) in [6.07, 6.45) is 2.25. The molecule has 0 bridgehead atoms. The topological polar surface area (TPSA) is 28.2 Å². The molecule has 1 heterocycles. The predicted octanol–water partition coefficient (Wildman–Crippen LogP) is 3.93. The Morgan fingerprint density at radius 2 is 1.75 bits per heavy atom. The molecule has 116 valence electrons. The minimum absolute atomic E-state index is 0.667. The van der Waals surface area contributed by atoms with Gasteiger partial charge in [-0.2, -0.15) is 0 Å². The molecular weight excluding hydrogens is 266 g/mol. The van der Waals surface area contributed by atoms with Gasteiger partial charge >= 0.3 is 0 Å². The molecule has 20 heavy (non-hydrogen) atoms. The average molecular weight is 298 g/mol. The molecular formula is C16H31N3S. The summed E-state index contributed by atoms with van der Waals surface area (Å²) >= 11 is 1.87. The van der Waals surface area contributed by atoms with Crippen LogP contribution < -0.4 is 10.2 Å². The van der Waals surface area contributed by atoms with Crippen molar-refractivity contribution in [2.45, 2.75) is 54.0 Å². The van der Waals surface area contributed by atoms with Crippen LogP contribution in [0.1, 0.15) is 51.6 Å².